The van der Waals surface area contributed by atoms with Gasteiger partial charge in [0.1, 0.15) is 0 Å². The first-order valence-corrected chi connectivity index (χ1v) is 7.36. The molecule has 1 aliphatic rings. The van der Waals surface area contributed by atoms with E-state index >= 15 is 0 Å². The third-order valence-electron chi connectivity index (χ3n) is 3.23. The van der Waals surface area contributed by atoms with Crippen molar-refractivity contribution in [1.29, 1.82) is 0 Å². The standard InChI is InChI=1S/C15H13BrN2S/c16-12-5-7-13(8-6-12)17-15(19)18-10-9-11-3-1-2-4-14(11)18/h1-8H,9-10H2,(H,17,19). The van der Waals surface area contributed by atoms with Crippen molar-refractivity contribution in [3.63, 3.8) is 0 Å². The predicted molar refractivity (Wildman–Crippen MR) is 87.9 cm³/mol. The maximum atomic E-state index is 5.51. The lowest BCUT2D eigenvalue weighted by atomic mass is 10.2. The molecule has 0 atom stereocenters. The molecule has 2 nitrogen and oxygen atoms in total. The summed E-state index contributed by atoms with van der Waals surface area (Å²) in [6.45, 7) is 0.946. The zero-order chi connectivity index (χ0) is 13.2. The molecule has 0 unspecified atom stereocenters. The average Bonchev–Trinajstić information content (AvgIpc) is 2.85. The van der Waals surface area contributed by atoms with Crippen molar-refractivity contribution in [1.82, 2.24) is 0 Å². The smallest absolute Gasteiger partial charge is 0.177 e. The molecule has 0 aliphatic carbocycles. The number of hydrogen-bond donors (Lipinski definition) is 1. The van der Waals surface area contributed by atoms with Crippen LogP contribution in [0.5, 0.6) is 0 Å². The second kappa shape index (κ2) is 5.31. The monoisotopic (exact) mass is 332 g/mol. The summed E-state index contributed by atoms with van der Waals surface area (Å²) < 4.78 is 1.07. The summed E-state index contributed by atoms with van der Waals surface area (Å²) in [4.78, 5) is 2.16. The number of anilines is 2. The molecular formula is C15H13BrN2S. The maximum Gasteiger partial charge on any atom is 0.177 e. The van der Waals surface area contributed by atoms with E-state index in [4.69, 9.17) is 12.2 Å². The highest BCUT2D eigenvalue weighted by Crippen LogP contribution is 2.28. The lowest BCUT2D eigenvalue weighted by Crippen LogP contribution is -2.33. The highest BCUT2D eigenvalue weighted by atomic mass is 79.9. The van der Waals surface area contributed by atoms with Crippen LogP contribution in [0.2, 0.25) is 0 Å². The Bertz CT molecular complexity index is 610. The van der Waals surface area contributed by atoms with E-state index in [0.717, 1.165) is 28.2 Å². The number of rotatable bonds is 1. The Labute approximate surface area is 126 Å². The Morgan fingerprint density at radius 2 is 1.84 bits per heavy atom. The fourth-order valence-corrected chi connectivity index (χ4v) is 2.85. The second-order valence-electron chi connectivity index (χ2n) is 4.47. The first kappa shape index (κ1) is 12.6. The first-order chi connectivity index (χ1) is 9.24. The molecular weight excluding hydrogens is 320 g/mol. The third kappa shape index (κ3) is 2.65. The van der Waals surface area contributed by atoms with Gasteiger partial charge in [-0.05, 0) is 54.5 Å². The highest BCUT2D eigenvalue weighted by Gasteiger charge is 2.21. The topological polar surface area (TPSA) is 15.3 Å². The molecule has 4 heteroatoms. The minimum Gasteiger partial charge on any atom is -0.332 e. The number of halogens is 1. The van der Waals surface area contributed by atoms with E-state index in [-0.39, 0.29) is 0 Å². The molecule has 19 heavy (non-hydrogen) atoms. The zero-order valence-corrected chi connectivity index (χ0v) is 12.7. The fraction of sp³-hybridized carbons (Fsp3) is 0.133. The van der Waals surface area contributed by atoms with Crippen LogP contribution in [-0.4, -0.2) is 11.7 Å². The number of nitrogens with zero attached hydrogens (tertiary/aromatic N) is 1. The molecule has 1 aliphatic heterocycles. The number of thiocarbonyl (C=S) groups is 1. The molecule has 0 saturated heterocycles. The van der Waals surface area contributed by atoms with Crippen molar-refractivity contribution in [2.24, 2.45) is 0 Å². The Hall–Kier alpha value is -1.39. The van der Waals surface area contributed by atoms with Crippen molar-refractivity contribution in [2.45, 2.75) is 6.42 Å². The number of nitrogens with one attached hydrogen (secondary N) is 1. The molecule has 0 spiro atoms. The van der Waals surface area contributed by atoms with E-state index in [1.807, 2.05) is 24.3 Å². The summed E-state index contributed by atoms with van der Waals surface area (Å²) in [5.41, 5.74) is 3.59. The van der Waals surface area contributed by atoms with Gasteiger partial charge in [0.15, 0.2) is 5.11 Å². The van der Waals surface area contributed by atoms with Crippen LogP contribution in [0.3, 0.4) is 0 Å². The molecule has 3 rings (SSSR count). The van der Waals surface area contributed by atoms with Gasteiger partial charge < -0.3 is 10.2 Å². The highest BCUT2D eigenvalue weighted by molar-refractivity contribution is 9.10. The quantitative estimate of drug-likeness (QED) is 0.787. The van der Waals surface area contributed by atoms with Crippen LogP contribution in [0.1, 0.15) is 5.56 Å². The molecule has 2 aromatic rings. The van der Waals surface area contributed by atoms with Crippen LogP contribution in [0.25, 0.3) is 0 Å². The molecule has 1 N–H and O–H groups in total. The summed E-state index contributed by atoms with van der Waals surface area (Å²) in [5.74, 6) is 0. The first-order valence-electron chi connectivity index (χ1n) is 6.16. The summed E-state index contributed by atoms with van der Waals surface area (Å²) in [6, 6.07) is 16.4. The SMILES string of the molecule is S=C(Nc1ccc(Br)cc1)N1CCc2ccccc21. The van der Waals surface area contributed by atoms with Crippen LogP contribution in [0.4, 0.5) is 11.4 Å². The summed E-state index contributed by atoms with van der Waals surface area (Å²) in [6.07, 6.45) is 1.05. The van der Waals surface area contributed by atoms with Crippen molar-refractivity contribution >= 4 is 44.6 Å². The van der Waals surface area contributed by atoms with Gasteiger partial charge >= 0.3 is 0 Å². The van der Waals surface area contributed by atoms with E-state index in [2.05, 4.69) is 50.4 Å². The van der Waals surface area contributed by atoms with Gasteiger partial charge in [-0.2, -0.15) is 0 Å². The molecule has 0 amide bonds. The predicted octanol–water partition coefficient (Wildman–Crippen LogP) is 4.21. The Morgan fingerprint density at radius 3 is 2.63 bits per heavy atom. The van der Waals surface area contributed by atoms with E-state index in [1.54, 1.807) is 0 Å². The molecule has 2 aromatic carbocycles. The van der Waals surface area contributed by atoms with Crippen molar-refractivity contribution in [2.75, 3.05) is 16.8 Å². The lowest BCUT2D eigenvalue weighted by molar-refractivity contribution is 1.03. The van der Waals surface area contributed by atoms with Gasteiger partial charge in [-0.3, -0.25) is 0 Å². The summed E-state index contributed by atoms with van der Waals surface area (Å²) >= 11 is 8.94. The van der Waals surface area contributed by atoms with Crippen molar-refractivity contribution in [3.05, 3.63) is 58.6 Å². The lowest BCUT2D eigenvalue weighted by Gasteiger charge is -2.21. The molecule has 0 fully saturated rings. The molecule has 1 heterocycles. The van der Waals surface area contributed by atoms with Gasteiger partial charge in [0, 0.05) is 22.4 Å². The summed E-state index contributed by atoms with van der Waals surface area (Å²) in [7, 11) is 0. The van der Waals surface area contributed by atoms with Gasteiger partial charge in [-0.15, -0.1) is 0 Å². The average molecular weight is 333 g/mol. The minimum atomic E-state index is 0.757. The summed E-state index contributed by atoms with van der Waals surface area (Å²) in [5, 5.41) is 4.05. The minimum absolute atomic E-state index is 0.757. The largest absolute Gasteiger partial charge is 0.332 e. The number of hydrogen-bond acceptors (Lipinski definition) is 1. The van der Waals surface area contributed by atoms with Crippen LogP contribution >= 0.6 is 28.1 Å². The van der Waals surface area contributed by atoms with Crippen LogP contribution in [0, 0.1) is 0 Å². The molecule has 0 radical (unpaired) electrons. The van der Waals surface area contributed by atoms with Crippen molar-refractivity contribution in [3.8, 4) is 0 Å². The van der Waals surface area contributed by atoms with E-state index < -0.39 is 0 Å². The van der Waals surface area contributed by atoms with Gasteiger partial charge in [0.25, 0.3) is 0 Å². The zero-order valence-electron chi connectivity index (χ0n) is 10.3. The van der Waals surface area contributed by atoms with Crippen LogP contribution < -0.4 is 10.2 Å². The van der Waals surface area contributed by atoms with Gasteiger partial charge in [0.2, 0.25) is 0 Å². The molecule has 96 valence electrons. The number of benzene rings is 2. The fourth-order valence-electron chi connectivity index (χ4n) is 2.27. The third-order valence-corrected chi connectivity index (χ3v) is 4.08. The van der Waals surface area contributed by atoms with E-state index in [1.165, 1.54) is 11.3 Å². The maximum absolute atomic E-state index is 5.51. The normalized spacial score (nSPS) is 13.2. The molecule has 0 aromatic heterocycles. The Kier molecular flexibility index (Phi) is 3.53. The van der Waals surface area contributed by atoms with Gasteiger partial charge in [-0.1, -0.05) is 34.1 Å². The second-order valence-corrected chi connectivity index (χ2v) is 5.77. The van der Waals surface area contributed by atoms with Crippen molar-refractivity contribution < 1.29 is 0 Å². The number of fused-ring (bicyclic) bond motifs is 1. The molecule has 0 saturated carbocycles. The van der Waals surface area contributed by atoms with Crippen LogP contribution in [0.15, 0.2) is 53.0 Å². The Morgan fingerprint density at radius 1 is 1.11 bits per heavy atom. The van der Waals surface area contributed by atoms with Gasteiger partial charge in [0.05, 0.1) is 0 Å². The van der Waals surface area contributed by atoms with Crippen LogP contribution in [-0.2, 0) is 6.42 Å². The Balaban J connectivity index is 1.77. The molecule has 0 bridgehead atoms. The van der Waals surface area contributed by atoms with Gasteiger partial charge in [-0.25, -0.2) is 0 Å². The number of para-hydroxylation sites is 1. The van der Waals surface area contributed by atoms with E-state index in [9.17, 15) is 0 Å². The van der Waals surface area contributed by atoms with E-state index in [0.29, 0.717) is 0 Å².